The van der Waals surface area contributed by atoms with Crippen LogP contribution in [0.1, 0.15) is 30.1 Å². The van der Waals surface area contributed by atoms with Gasteiger partial charge in [-0.2, -0.15) is 0 Å². The summed E-state index contributed by atoms with van der Waals surface area (Å²) in [5, 5.41) is 11.3. The molecule has 1 aromatic rings. The lowest BCUT2D eigenvalue weighted by Crippen LogP contribution is -2.40. The largest absolute Gasteiger partial charge is 0.494 e. The number of ether oxygens (including phenoxy) is 1. The zero-order valence-corrected chi connectivity index (χ0v) is 10.8. The van der Waals surface area contributed by atoms with Gasteiger partial charge in [0.2, 0.25) is 0 Å². The van der Waals surface area contributed by atoms with Crippen molar-refractivity contribution in [2.75, 3.05) is 7.11 Å². The number of carbonyl (C=O) groups is 2. The normalized spacial score (nSPS) is 11.7. The third-order valence-corrected chi connectivity index (χ3v) is 2.59. The molecule has 0 saturated heterocycles. The number of carboxylic acids is 1. The van der Waals surface area contributed by atoms with Gasteiger partial charge in [-0.25, -0.2) is 9.18 Å². The molecule has 104 valence electrons. The van der Waals surface area contributed by atoms with Crippen LogP contribution in [-0.2, 0) is 4.79 Å². The van der Waals surface area contributed by atoms with E-state index >= 15 is 0 Å². The average Bonchev–Trinajstić information content (AvgIpc) is 2.38. The highest BCUT2D eigenvalue weighted by molar-refractivity contribution is 5.96. The molecule has 0 fully saturated rings. The van der Waals surface area contributed by atoms with Crippen LogP contribution < -0.4 is 10.1 Å². The molecule has 0 unspecified atom stereocenters. The zero-order valence-electron chi connectivity index (χ0n) is 10.8. The lowest BCUT2D eigenvalue weighted by atomic mass is 10.1. The van der Waals surface area contributed by atoms with Crippen LogP contribution in [0.4, 0.5) is 4.39 Å². The van der Waals surface area contributed by atoms with Gasteiger partial charge in [-0.3, -0.25) is 4.79 Å². The highest BCUT2D eigenvalue weighted by atomic mass is 19.1. The molecule has 0 saturated carbocycles. The number of hydrogen-bond donors (Lipinski definition) is 2. The molecule has 0 heterocycles. The second-order valence-electron chi connectivity index (χ2n) is 4.00. The number of carbonyl (C=O) groups excluding carboxylic acids is 1. The molecule has 1 amide bonds. The zero-order chi connectivity index (χ0) is 14.4. The lowest BCUT2D eigenvalue weighted by molar-refractivity contribution is -0.139. The standard InChI is InChI=1S/C13H16FNO4/c1-3-4-10(13(17)18)15-12(16)8-5-6-9(14)11(7-8)19-2/h5-7,10H,3-4H2,1-2H3,(H,15,16)(H,17,18)/t10-/m0/s1. The van der Waals surface area contributed by atoms with E-state index in [4.69, 9.17) is 9.84 Å². The summed E-state index contributed by atoms with van der Waals surface area (Å²) in [4.78, 5) is 22.8. The molecule has 1 atom stereocenters. The molecule has 0 bridgehead atoms. The number of rotatable bonds is 6. The number of halogens is 1. The van der Waals surface area contributed by atoms with Gasteiger partial charge < -0.3 is 15.2 Å². The number of carboxylic acid groups (broad SMARTS) is 1. The Morgan fingerprint density at radius 2 is 2.16 bits per heavy atom. The molecule has 5 nitrogen and oxygen atoms in total. The molecule has 19 heavy (non-hydrogen) atoms. The molecule has 6 heteroatoms. The third kappa shape index (κ3) is 3.94. The second kappa shape index (κ2) is 6.72. The SMILES string of the molecule is CCC[C@H](NC(=O)c1ccc(F)c(OC)c1)C(=O)O. The maximum atomic E-state index is 13.2. The summed E-state index contributed by atoms with van der Waals surface area (Å²) in [5.74, 6) is -2.30. The quantitative estimate of drug-likeness (QED) is 0.826. The number of benzene rings is 1. The van der Waals surface area contributed by atoms with Crippen LogP contribution in [0.15, 0.2) is 18.2 Å². The first-order valence-electron chi connectivity index (χ1n) is 5.86. The molecule has 0 aromatic heterocycles. The summed E-state index contributed by atoms with van der Waals surface area (Å²) in [6.45, 7) is 1.82. The van der Waals surface area contributed by atoms with E-state index in [2.05, 4.69) is 5.32 Å². The summed E-state index contributed by atoms with van der Waals surface area (Å²) in [7, 11) is 1.29. The van der Waals surface area contributed by atoms with Crippen LogP contribution in [0.25, 0.3) is 0 Å². The van der Waals surface area contributed by atoms with Gasteiger partial charge >= 0.3 is 5.97 Å². The van der Waals surface area contributed by atoms with Gasteiger partial charge in [-0.1, -0.05) is 13.3 Å². The third-order valence-electron chi connectivity index (χ3n) is 2.59. The molecular formula is C13H16FNO4. The topological polar surface area (TPSA) is 75.6 Å². The fourth-order valence-corrected chi connectivity index (χ4v) is 1.59. The van der Waals surface area contributed by atoms with Gasteiger partial charge in [0.15, 0.2) is 11.6 Å². The van der Waals surface area contributed by atoms with Crippen molar-refractivity contribution in [1.29, 1.82) is 0 Å². The van der Waals surface area contributed by atoms with Gasteiger partial charge in [0.25, 0.3) is 5.91 Å². The van der Waals surface area contributed by atoms with Crippen molar-refractivity contribution in [3.8, 4) is 5.75 Å². The van der Waals surface area contributed by atoms with Crippen molar-refractivity contribution in [2.45, 2.75) is 25.8 Å². The van der Waals surface area contributed by atoms with Crippen LogP contribution in [0.3, 0.4) is 0 Å². The fraction of sp³-hybridized carbons (Fsp3) is 0.385. The van der Waals surface area contributed by atoms with Crippen molar-refractivity contribution < 1.29 is 23.8 Å². The van der Waals surface area contributed by atoms with Crippen LogP contribution >= 0.6 is 0 Å². The van der Waals surface area contributed by atoms with Gasteiger partial charge in [0, 0.05) is 5.56 Å². The molecule has 0 spiro atoms. The van der Waals surface area contributed by atoms with Crippen LogP contribution in [0.5, 0.6) is 5.75 Å². The van der Waals surface area contributed by atoms with E-state index in [1.165, 1.54) is 19.2 Å². The predicted molar refractivity (Wildman–Crippen MR) is 66.8 cm³/mol. The lowest BCUT2D eigenvalue weighted by Gasteiger charge is -2.14. The van der Waals surface area contributed by atoms with E-state index in [1.54, 1.807) is 0 Å². The number of hydrogen-bond acceptors (Lipinski definition) is 3. The van der Waals surface area contributed by atoms with Gasteiger partial charge in [-0.05, 0) is 24.6 Å². The maximum Gasteiger partial charge on any atom is 0.326 e. The summed E-state index contributed by atoms with van der Waals surface area (Å²) in [6, 6.07) is 2.66. The summed E-state index contributed by atoms with van der Waals surface area (Å²) < 4.78 is 18.0. The molecule has 2 N–H and O–H groups in total. The van der Waals surface area contributed by atoms with E-state index in [1.807, 2.05) is 6.92 Å². The van der Waals surface area contributed by atoms with Crippen molar-refractivity contribution >= 4 is 11.9 Å². The number of amides is 1. The monoisotopic (exact) mass is 269 g/mol. The Hall–Kier alpha value is -2.11. The van der Waals surface area contributed by atoms with Crippen LogP contribution in [0, 0.1) is 5.82 Å². The fourth-order valence-electron chi connectivity index (χ4n) is 1.59. The Bertz CT molecular complexity index is 476. The molecule has 0 aliphatic heterocycles. The highest BCUT2D eigenvalue weighted by Crippen LogP contribution is 2.18. The van der Waals surface area contributed by atoms with Crippen molar-refractivity contribution in [1.82, 2.24) is 5.32 Å². The summed E-state index contributed by atoms with van der Waals surface area (Å²) in [6.07, 6.45) is 0.962. The summed E-state index contributed by atoms with van der Waals surface area (Å²) >= 11 is 0. The Labute approximate surface area is 110 Å². The minimum absolute atomic E-state index is 0.0602. The van der Waals surface area contributed by atoms with Gasteiger partial charge in [-0.15, -0.1) is 0 Å². The van der Waals surface area contributed by atoms with Crippen molar-refractivity contribution in [2.24, 2.45) is 0 Å². The second-order valence-corrected chi connectivity index (χ2v) is 4.00. The minimum Gasteiger partial charge on any atom is -0.494 e. The van der Waals surface area contributed by atoms with Crippen molar-refractivity contribution in [3.63, 3.8) is 0 Å². The Balaban J connectivity index is 2.85. The van der Waals surface area contributed by atoms with Crippen molar-refractivity contribution in [3.05, 3.63) is 29.6 Å². The van der Waals surface area contributed by atoms with E-state index in [0.717, 1.165) is 6.07 Å². The van der Waals surface area contributed by atoms with E-state index in [0.29, 0.717) is 12.8 Å². The number of aliphatic carboxylic acids is 1. The molecular weight excluding hydrogens is 253 g/mol. The molecule has 0 radical (unpaired) electrons. The average molecular weight is 269 g/mol. The first-order chi connectivity index (χ1) is 8.99. The molecule has 1 aromatic carbocycles. The Morgan fingerprint density at radius 3 is 2.68 bits per heavy atom. The first-order valence-corrected chi connectivity index (χ1v) is 5.86. The van der Waals surface area contributed by atoms with Crippen LogP contribution in [0.2, 0.25) is 0 Å². The molecule has 0 aliphatic carbocycles. The molecule has 0 aliphatic rings. The Morgan fingerprint density at radius 1 is 1.47 bits per heavy atom. The minimum atomic E-state index is -1.09. The molecule has 1 rings (SSSR count). The smallest absolute Gasteiger partial charge is 0.326 e. The maximum absolute atomic E-state index is 13.2. The van der Waals surface area contributed by atoms with Gasteiger partial charge in [0.1, 0.15) is 6.04 Å². The van der Waals surface area contributed by atoms with E-state index in [9.17, 15) is 14.0 Å². The number of nitrogens with one attached hydrogen (secondary N) is 1. The summed E-state index contributed by atoms with van der Waals surface area (Å²) in [5.41, 5.74) is 0.153. The van der Waals surface area contributed by atoms with E-state index in [-0.39, 0.29) is 11.3 Å². The van der Waals surface area contributed by atoms with E-state index < -0.39 is 23.7 Å². The highest BCUT2D eigenvalue weighted by Gasteiger charge is 2.20. The first kappa shape index (κ1) is 14.9. The Kier molecular flexibility index (Phi) is 5.29. The van der Waals surface area contributed by atoms with Gasteiger partial charge in [0.05, 0.1) is 7.11 Å². The van der Waals surface area contributed by atoms with Crippen LogP contribution in [-0.4, -0.2) is 30.1 Å². The predicted octanol–water partition coefficient (Wildman–Crippen LogP) is 1.82. The number of methoxy groups -OCH3 is 1.